The molecule has 0 unspecified atom stereocenters. The van der Waals surface area contributed by atoms with Crippen LogP contribution < -0.4 is 15.0 Å². The Labute approximate surface area is 163 Å². The number of ether oxygens (including phenoxy) is 2. The molecule has 146 valence electrons. The van der Waals surface area contributed by atoms with Gasteiger partial charge in [0.2, 0.25) is 5.88 Å². The number of aromatic nitrogens is 2. The number of esters is 1. The molecular weight excluding hydrogens is 356 g/mol. The monoisotopic (exact) mass is 380 g/mol. The van der Waals surface area contributed by atoms with Crippen molar-refractivity contribution in [2.75, 3.05) is 6.61 Å². The van der Waals surface area contributed by atoms with Crippen molar-refractivity contribution in [2.45, 2.75) is 39.5 Å². The molecule has 0 aliphatic rings. The maximum Gasteiger partial charge on any atom is 0.344 e. The van der Waals surface area contributed by atoms with Gasteiger partial charge in [0.1, 0.15) is 11.4 Å². The fraction of sp³-hybridized carbons (Fsp3) is 0.318. The zero-order valence-corrected chi connectivity index (χ0v) is 16.2. The molecule has 0 N–H and O–H groups in total. The molecule has 0 saturated heterocycles. The average Bonchev–Trinajstić information content (AvgIpc) is 2.69. The molecule has 0 fully saturated rings. The lowest BCUT2D eigenvalue weighted by Gasteiger charge is -2.08. The lowest BCUT2D eigenvalue weighted by atomic mass is 10.2. The van der Waals surface area contributed by atoms with Crippen LogP contribution in [0.25, 0.3) is 5.65 Å². The van der Waals surface area contributed by atoms with Crippen LogP contribution in [0.1, 0.15) is 48.5 Å². The second-order valence-electron chi connectivity index (χ2n) is 6.64. The number of carbonyl (C=O) groups excluding carboxylic acids is 1. The molecule has 0 atom stereocenters. The summed E-state index contributed by atoms with van der Waals surface area (Å²) in [6.07, 6.45) is 6.19. The van der Waals surface area contributed by atoms with Gasteiger partial charge >= 0.3 is 5.97 Å². The number of hydrogen-bond acceptors (Lipinski definition) is 5. The Balaban J connectivity index is 1.65. The van der Waals surface area contributed by atoms with Gasteiger partial charge in [-0.2, -0.15) is 4.98 Å². The van der Waals surface area contributed by atoms with Crippen molar-refractivity contribution in [3.63, 3.8) is 0 Å². The van der Waals surface area contributed by atoms with Gasteiger partial charge in [-0.1, -0.05) is 32.3 Å². The van der Waals surface area contributed by atoms with Gasteiger partial charge in [-0.15, -0.1) is 0 Å². The topological polar surface area (TPSA) is 69.9 Å². The van der Waals surface area contributed by atoms with E-state index in [2.05, 4.69) is 11.9 Å². The molecular formula is C22H24N2O4. The first-order valence-electron chi connectivity index (χ1n) is 9.52. The van der Waals surface area contributed by atoms with Gasteiger partial charge in [0.25, 0.3) is 5.56 Å². The third kappa shape index (κ3) is 4.76. The van der Waals surface area contributed by atoms with Gasteiger partial charge in [-0.05, 0) is 49.2 Å². The molecule has 2 aromatic heterocycles. The predicted molar refractivity (Wildman–Crippen MR) is 107 cm³/mol. The van der Waals surface area contributed by atoms with Crippen LogP contribution in [0.4, 0.5) is 0 Å². The number of unbranched alkanes of at least 4 members (excludes halogenated alkanes) is 3. The smallest absolute Gasteiger partial charge is 0.344 e. The molecule has 0 aliphatic heterocycles. The second-order valence-corrected chi connectivity index (χ2v) is 6.64. The third-order valence-corrected chi connectivity index (χ3v) is 4.42. The van der Waals surface area contributed by atoms with E-state index in [1.54, 1.807) is 36.5 Å². The number of nitrogens with zero attached hydrogens (tertiary/aromatic N) is 2. The SMILES string of the molecule is CCCCCCOc1ccc(C(=O)Oc2cc(=O)n3cccc(C)c3n2)cc1. The maximum absolute atomic E-state index is 12.4. The molecule has 3 rings (SSSR count). The fourth-order valence-electron chi connectivity index (χ4n) is 2.85. The summed E-state index contributed by atoms with van der Waals surface area (Å²) >= 11 is 0. The minimum Gasteiger partial charge on any atom is -0.494 e. The van der Waals surface area contributed by atoms with Crippen LogP contribution in [0.15, 0.2) is 53.5 Å². The van der Waals surface area contributed by atoms with E-state index in [9.17, 15) is 9.59 Å². The van der Waals surface area contributed by atoms with Crippen LogP contribution in [-0.4, -0.2) is 22.0 Å². The Morgan fingerprint density at radius 2 is 1.89 bits per heavy atom. The van der Waals surface area contributed by atoms with Gasteiger partial charge in [-0.25, -0.2) is 4.79 Å². The fourth-order valence-corrected chi connectivity index (χ4v) is 2.85. The van der Waals surface area contributed by atoms with Crippen LogP contribution in [0.3, 0.4) is 0 Å². The molecule has 0 spiro atoms. The highest BCUT2D eigenvalue weighted by Gasteiger charge is 2.12. The lowest BCUT2D eigenvalue weighted by molar-refractivity contribution is 0.0727. The molecule has 6 heteroatoms. The summed E-state index contributed by atoms with van der Waals surface area (Å²) in [5, 5.41) is 0. The second kappa shape index (κ2) is 9.17. The third-order valence-electron chi connectivity index (χ3n) is 4.42. The first-order chi connectivity index (χ1) is 13.6. The Morgan fingerprint density at radius 3 is 2.64 bits per heavy atom. The van der Waals surface area contributed by atoms with E-state index >= 15 is 0 Å². The van der Waals surface area contributed by atoms with Gasteiger partial charge in [-0.3, -0.25) is 9.20 Å². The molecule has 6 nitrogen and oxygen atoms in total. The number of rotatable bonds is 8. The van der Waals surface area contributed by atoms with Crippen molar-refractivity contribution in [1.82, 2.24) is 9.38 Å². The van der Waals surface area contributed by atoms with E-state index in [1.807, 2.05) is 13.0 Å². The summed E-state index contributed by atoms with van der Waals surface area (Å²) in [5.41, 5.74) is 1.34. The molecule has 0 amide bonds. The summed E-state index contributed by atoms with van der Waals surface area (Å²) in [6.45, 7) is 4.67. The zero-order valence-electron chi connectivity index (χ0n) is 16.2. The Hall–Kier alpha value is -3.15. The number of hydrogen-bond donors (Lipinski definition) is 0. The minimum absolute atomic E-state index is 0.0134. The van der Waals surface area contributed by atoms with E-state index in [1.165, 1.54) is 23.3 Å². The predicted octanol–water partition coefficient (Wildman–Crippen LogP) is 4.18. The number of benzene rings is 1. The van der Waals surface area contributed by atoms with E-state index in [4.69, 9.17) is 9.47 Å². The van der Waals surface area contributed by atoms with Crippen LogP contribution in [0.5, 0.6) is 11.6 Å². The maximum atomic E-state index is 12.4. The molecule has 0 radical (unpaired) electrons. The molecule has 28 heavy (non-hydrogen) atoms. The number of aryl methyl sites for hydroxylation is 1. The summed E-state index contributed by atoms with van der Waals surface area (Å²) in [6, 6.07) is 11.6. The number of fused-ring (bicyclic) bond motifs is 1. The first-order valence-corrected chi connectivity index (χ1v) is 9.52. The highest BCUT2D eigenvalue weighted by molar-refractivity contribution is 5.91. The molecule has 2 heterocycles. The Morgan fingerprint density at radius 1 is 1.11 bits per heavy atom. The lowest BCUT2D eigenvalue weighted by Crippen LogP contribution is -2.17. The van der Waals surface area contributed by atoms with Crippen molar-refractivity contribution in [3.05, 3.63) is 70.1 Å². The van der Waals surface area contributed by atoms with Crippen LogP contribution in [-0.2, 0) is 0 Å². The van der Waals surface area contributed by atoms with Crippen LogP contribution in [0, 0.1) is 6.92 Å². The van der Waals surface area contributed by atoms with Crippen molar-refractivity contribution in [3.8, 4) is 11.6 Å². The van der Waals surface area contributed by atoms with Crippen molar-refractivity contribution < 1.29 is 14.3 Å². The van der Waals surface area contributed by atoms with Crippen molar-refractivity contribution in [1.29, 1.82) is 0 Å². The normalized spacial score (nSPS) is 10.8. The number of pyridine rings is 1. The van der Waals surface area contributed by atoms with E-state index in [-0.39, 0.29) is 11.4 Å². The molecule has 0 bridgehead atoms. The van der Waals surface area contributed by atoms with E-state index in [0.717, 1.165) is 18.4 Å². The summed E-state index contributed by atoms with van der Waals surface area (Å²) in [4.78, 5) is 28.9. The average molecular weight is 380 g/mol. The summed E-state index contributed by atoms with van der Waals surface area (Å²) in [5.74, 6) is 0.130. The van der Waals surface area contributed by atoms with Crippen molar-refractivity contribution in [2.24, 2.45) is 0 Å². The standard InChI is InChI=1S/C22H24N2O4/c1-3-4-5-6-14-27-18-11-9-17(10-12-18)22(26)28-19-15-20(25)24-13-7-8-16(2)21(24)23-19/h7-13,15H,3-6,14H2,1-2H3. The molecule has 0 aliphatic carbocycles. The highest BCUT2D eigenvalue weighted by atomic mass is 16.5. The van der Waals surface area contributed by atoms with E-state index < -0.39 is 5.97 Å². The molecule has 3 aromatic rings. The largest absolute Gasteiger partial charge is 0.494 e. The van der Waals surface area contributed by atoms with Gasteiger partial charge in [0.05, 0.1) is 18.2 Å². The van der Waals surface area contributed by atoms with Crippen LogP contribution >= 0.6 is 0 Å². The van der Waals surface area contributed by atoms with Gasteiger partial charge < -0.3 is 9.47 Å². The minimum atomic E-state index is -0.570. The van der Waals surface area contributed by atoms with Gasteiger partial charge in [0.15, 0.2) is 0 Å². The Bertz CT molecular complexity index is 1010. The van der Waals surface area contributed by atoms with Crippen molar-refractivity contribution >= 4 is 11.6 Å². The summed E-state index contributed by atoms with van der Waals surface area (Å²) < 4.78 is 12.4. The zero-order chi connectivity index (χ0) is 19.9. The molecule has 0 saturated carbocycles. The first kappa shape index (κ1) is 19.6. The molecule has 1 aromatic carbocycles. The van der Waals surface area contributed by atoms with Gasteiger partial charge in [0, 0.05) is 6.20 Å². The summed E-state index contributed by atoms with van der Waals surface area (Å²) in [7, 11) is 0. The highest BCUT2D eigenvalue weighted by Crippen LogP contribution is 2.16. The number of carbonyl (C=O) groups is 1. The Kier molecular flexibility index (Phi) is 6.42. The van der Waals surface area contributed by atoms with Crippen LogP contribution in [0.2, 0.25) is 0 Å². The quantitative estimate of drug-likeness (QED) is 0.433. The van der Waals surface area contributed by atoms with E-state index in [0.29, 0.717) is 23.6 Å².